The predicted octanol–water partition coefficient (Wildman–Crippen LogP) is 3.13. The Morgan fingerprint density at radius 2 is 2.09 bits per heavy atom. The lowest BCUT2D eigenvalue weighted by Crippen LogP contribution is -2.37. The van der Waals surface area contributed by atoms with E-state index in [0.29, 0.717) is 12.1 Å². The first kappa shape index (κ1) is 16.8. The third-order valence-electron chi connectivity index (χ3n) is 3.97. The van der Waals surface area contributed by atoms with Crippen LogP contribution in [0.15, 0.2) is 24.3 Å². The van der Waals surface area contributed by atoms with Gasteiger partial charge in [0.25, 0.3) is 0 Å². The van der Waals surface area contributed by atoms with Crippen LogP contribution in [-0.2, 0) is 11.0 Å². The first-order valence-electron chi connectivity index (χ1n) is 7.47. The van der Waals surface area contributed by atoms with Crippen molar-refractivity contribution >= 4 is 5.91 Å². The number of carbonyl (C=O) groups is 1. The van der Waals surface area contributed by atoms with Gasteiger partial charge in [-0.25, -0.2) is 0 Å². The second kappa shape index (κ2) is 6.69. The molecule has 1 aromatic rings. The van der Waals surface area contributed by atoms with E-state index in [2.05, 4.69) is 10.6 Å². The average molecular weight is 314 g/mol. The van der Waals surface area contributed by atoms with Crippen LogP contribution in [0.25, 0.3) is 0 Å². The molecule has 2 unspecified atom stereocenters. The molecule has 22 heavy (non-hydrogen) atoms. The smallest absolute Gasteiger partial charge is 0.349 e. The molecule has 2 rings (SSSR count). The third kappa shape index (κ3) is 4.00. The molecule has 0 spiro atoms. The Hall–Kier alpha value is -1.56. The Kier molecular flexibility index (Phi) is 5.11. The van der Waals surface area contributed by atoms with Gasteiger partial charge in [-0.2, -0.15) is 13.2 Å². The molecule has 1 aliphatic heterocycles. The second-order valence-corrected chi connectivity index (χ2v) is 6.04. The number of alkyl halides is 3. The highest BCUT2D eigenvalue weighted by molar-refractivity contribution is 5.79. The van der Waals surface area contributed by atoms with Gasteiger partial charge in [0, 0.05) is 6.54 Å². The maximum Gasteiger partial charge on any atom is 0.416 e. The van der Waals surface area contributed by atoms with E-state index in [0.717, 1.165) is 25.1 Å². The molecular weight excluding hydrogens is 293 g/mol. The third-order valence-corrected chi connectivity index (χ3v) is 3.97. The Morgan fingerprint density at radius 3 is 2.64 bits per heavy atom. The molecule has 2 N–H and O–H groups in total. The van der Waals surface area contributed by atoms with Gasteiger partial charge in [0.15, 0.2) is 0 Å². The Bertz CT molecular complexity index is 522. The summed E-state index contributed by atoms with van der Waals surface area (Å²) >= 11 is 0. The fourth-order valence-corrected chi connectivity index (χ4v) is 2.69. The van der Waals surface area contributed by atoms with E-state index in [9.17, 15) is 18.0 Å². The van der Waals surface area contributed by atoms with Crippen LogP contribution in [0.1, 0.15) is 37.4 Å². The molecule has 1 saturated heterocycles. The summed E-state index contributed by atoms with van der Waals surface area (Å²) < 4.78 is 38.5. The zero-order valence-corrected chi connectivity index (χ0v) is 12.7. The minimum absolute atomic E-state index is 0.00166. The molecule has 3 nitrogen and oxygen atoms in total. The molecule has 1 amide bonds. The first-order valence-corrected chi connectivity index (χ1v) is 7.47. The fourth-order valence-electron chi connectivity index (χ4n) is 2.69. The van der Waals surface area contributed by atoms with Crippen molar-refractivity contribution in [3.8, 4) is 0 Å². The number of rotatable bonds is 4. The van der Waals surface area contributed by atoms with Crippen LogP contribution in [-0.4, -0.2) is 19.0 Å². The van der Waals surface area contributed by atoms with Crippen LogP contribution >= 0.6 is 0 Å². The number of amides is 1. The SMILES string of the molecule is CC(C)C(NC(=O)C1CCNC1)c1cccc(C(F)(F)F)c1. The summed E-state index contributed by atoms with van der Waals surface area (Å²) in [6.07, 6.45) is -3.61. The largest absolute Gasteiger partial charge is 0.416 e. The van der Waals surface area contributed by atoms with E-state index in [1.165, 1.54) is 6.07 Å². The van der Waals surface area contributed by atoms with Gasteiger partial charge in [-0.15, -0.1) is 0 Å². The van der Waals surface area contributed by atoms with Crippen LogP contribution in [0.3, 0.4) is 0 Å². The quantitative estimate of drug-likeness (QED) is 0.896. The monoisotopic (exact) mass is 314 g/mol. The lowest BCUT2D eigenvalue weighted by atomic mass is 9.93. The van der Waals surface area contributed by atoms with E-state index >= 15 is 0 Å². The van der Waals surface area contributed by atoms with Gasteiger partial charge in [0.1, 0.15) is 0 Å². The molecule has 0 bridgehead atoms. The lowest BCUT2D eigenvalue weighted by Gasteiger charge is -2.25. The van der Waals surface area contributed by atoms with Crippen molar-refractivity contribution in [3.05, 3.63) is 35.4 Å². The zero-order valence-electron chi connectivity index (χ0n) is 12.7. The highest BCUT2D eigenvalue weighted by Gasteiger charge is 2.32. The Morgan fingerprint density at radius 1 is 1.36 bits per heavy atom. The van der Waals surface area contributed by atoms with Crippen molar-refractivity contribution in [3.63, 3.8) is 0 Å². The highest BCUT2D eigenvalue weighted by Crippen LogP contribution is 2.32. The average Bonchev–Trinajstić information content (AvgIpc) is 2.97. The molecule has 0 aliphatic carbocycles. The molecule has 1 heterocycles. The first-order chi connectivity index (χ1) is 10.3. The Labute approximate surface area is 128 Å². The molecular formula is C16H21F3N2O. The summed E-state index contributed by atoms with van der Waals surface area (Å²) in [5, 5.41) is 6.02. The zero-order chi connectivity index (χ0) is 16.3. The topological polar surface area (TPSA) is 41.1 Å². The summed E-state index contributed by atoms with van der Waals surface area (Å²) in [5.41, 5.74) is -0.198. The maximum absolute atomic E-state index is 12.8. The minimum atomic E-state index is -4.38. The number of halogens is 3. The van der Waals surface area contributed by atoms with Gasteiger partial charge in [-0.3, -0.25) is 4.79 Å². The number of benzene rings is 1. The van der Waals surface area contributed by atoms with Gasteiger partial charge < -0.3 is 10.6 Å². The van der Waals surface area contributed by atoms with Gasteiger partial charge in [0.05, 0.1) is 17.5 Å². The van der Waals surface area contributed by atoms with Crippen LogP contribution in [0, 0.1) is 11.8 Å². The summed E-state index contributed by atoms with van der Waals surface area (Å²) in [4.78, 5) is 12.2. The molecule has 2 atom stereocenters. The number of hydrogen-bond acceptors (Lipinski definition) is 2. The minimum Gasteiger partial charge on any atom is -0.349 e. The summed E-state index contributed by atoms with van der Waals surface area (Å²) in [6, 6.07) is 4.76. The second-order valence-electron chi connectivity index (χ2n) is 6.04. The van der Waals surface area contributed by atoms with E-state index < -0.39 is 17.8 Å². The van der Waals surface area contributed by atoms with Crippen LogP contribution in [0.4, 0.5) is 13.2 Å². The van der Waals surface area contributed by atoms with Gasteiger partial charge in [-0.05, 0) is 36.6 Å². The highest BCUT2D eigenvalue weighted by atomic mass is 19.4. The van der Waals surface area contributed by atoms with Crippen molar-refractivity contribution in [1.82, 2.24) is 10.6 Å². The number of nitrogens with one attached hydrogen (secondary N) is 2. The predicted molar refractivity (Wildman–Crippen MR) is 78.1 cm³/mol. The van der Waals surface area contributed by atoms with E-state index in [-0.39, 0.29) is 17.7 Å². The van der Waals surface area contributed by atoms with Crippen LogP contribution < -0.4 is 10.6 Å². The fraction of sp³-hybridized carbons (Fsp3) is 0.562. The molecule has 122 valence electrons. The Balaban J connectivity index is 2.19. The van der Waals surface area contributed by atoms with Crippen LogP contribution in [0.5, 0.6) is 0 Å². The van der Waals surface area contributed by atoms with E-state index in [4.69, 9.17) is 0 Å². The number of carbonyl (C=O) groups excluding carboxylic acids is 1. The van der Waals surface area contributed by atoms with Gasteiger partial charge in [0.2, 0.25) is 5.91 Å². The summed E-state index contributed by atoms with van der Waals surface area (Å²) in [7, 11) is 0. The normalized spacial score (nSPS) is 20.2. The van der Waals surface area contributed by atoms with Crippen molar-refractivity contribution in [2.24, 2.45) is 11.8 Å². The summed E-state index contributed by atoms with van der Waals surface area (Å²) in [6.45, 7) is 5.20. The molecule has 0 saturated carbocycles. The molecule has 0 aromatic heterocycles. The lowest BCUT2D eigenvalue weighted by molar-refractivity contribution is -0.137. The molecule has 0 radical (unpaired) electrons. The summed E-state index contributed by atoms with van der Waals surface area (Å²) in [5.74, 6) is -0.199. The maximum atomic E-state index is 12.8. The van der Waals surface area contributed by atoms with Crippen molar-refractivity contribution in [2.75, 3.05) is 13.1 Å². The van der Waals surface area contributed by atoms with Crippen molar-refractivity contribution in [1.29, 1.82) is 0 Å². The number of hydrogen-bond donors (Lipinski definition) is 2. The molecule has 6 heteroatoms. The standard InChI is InChI=1S/C16H21F3N2O/c1-10(2)14(21-15(22)12-6-7-20-9-12)11-4-3-5-13(8-11)16(17,18)19/h3-5,8,10,12,14,20H,6-7,9H2,1-2H3,(H,21,22). The molecule has 1 aromatic carbocycles. The van der Waals surface area contributed by atoms with Crippen molar-refractivity contribution in [2.45, 2.75) is 32.5 Å². The van der Waals surface area contributed by atoms with Crippen LogP contribution in [0.2, 0.25) is 0 Å². The van der Waals surface area contributed by atoms with E-state index in [1.807, 2.05) is 13.8 Å². The van der Waals surface area contributed by atoms with Gasteiger partial charge >= 0.3 is 6.18 Å². The molecule has 1 aliphatic rings. The van der Waals surface area contributed by atoms with Crippen molar-refractivity contribution < 1.29 is 18.0 Å². The molecule has 1 fully saturated rings. The van der Waals surface area contributed by atoms with E-state index in [1.54, 1.807) is 6.07 Å². The van der Waals surface area contributed by atoms with Gasteiger partial charge in [-0.1, -0.05) is 26.0 Å².